The molecule has 2 aliphatic heterocycles. The highest BCUT2D eigenvalue weighted by atomic mass is 16.1. The zero-order chi connectivity index (χ0) is 9.26. The molecular weight excluding hydrogens is 162 g/mol. The molecule has 0 amide bonds. The van der Waals surface area contributed by atoms with E-state index in [4.69, 9.17) is 0 Å². The summed E-state index contributed by atoms with van der Waals surface area (Å²) < 4.78 is 0. The number of carbonyl (C=O) groups excluding carboxylic acids is 1. The Morgan fingerprint density at radius 1 is 1.46 bits per heavy atom. The van der Waals surface area contributed by atoms with Gasteiger partial charge in [-0.3, -0.25) is 4.79 Å². The fraction of sp³-hybridized carbons (Fsp3) is 0.727. The smallest absolute Gasteiger partial charge is 0.157 e. The van der Waals surface area contributed by atoms with Gasteiger partial charge in [0.25, 0.3) is 0 Å². The Kier molecular flexibility index (Phi) is 2.38. The molecule has 72 valence electrons. The third-order valence-corrected chi connectivity index (χ3v) is 3.19. The van der Waals surface area contributed by atoms with Crippen LogP contribution in [0.1, 0.15) is 39.0 Å². The highest BCUT2D eigenvalue weighted by molar-refractivity contribution is 5.93. The summed E-state index contributed by atoms with van der Waals surface area (Å²) in [4.78, 5) is 13.6. The molecule has 2 rings (SSSR count). The zero-order valence-electron chi connectivity index (χ0n) is 8.25. The van der Waals surface area contributed by atoms with Crippen LogP contribution in [0.15, 0.2) is 11.8 Å². The van der Waals surface area contributed by atoms with E-state index in [-0.39, 0.29) is 5.78 Å². The molecule has 0 radical (unpaired) electrons. The minimum Gasteiger partial charge on any atom is -0.374 e. The van der Waals surface area contributed by atoms with E-state index in [9.17, 15) is 4.79 Å². The third kappa shape index (κ3) is 1.77. The highest BCUT2D eigenvalue weighted by Crippen LogP contribution is 2.28. The monoisotopic (exact) mass is 179 g/mol. The van der Waals surface area contributed by atoms with E-state index in [2.05, 4.69) is 11.1 Å². The standard InChI is InChI=1S/C11H17NO/c1-9(13)10-5-6-11-4-2-3-7-12(11)8-10/h8,11H,2-7H2,1H3. The highest BCUT2D eigenvalue weighted by Gasteiger charge is 2.24. The molecule has 0 bridgehead atoms. The van der Waals surface area contributed by atoms with Gasteiger partial charge in [0.1, 0.15) is 0 Å². The van der Waals surface area contributed by atoms with Crippen molar-refractivity contribution < 1.29 is 4.79 Å². The van der Waals surface area contributed by atoms with Crippen LogP contribution in [0.3, 0.4) is 0 Å². The molecule has 1 saturated heterocycles. The van der Waals surface area contributed by atoms with Gasteiger partial charge in [-0.05, 0) is 39.0 Å². The molecule has 2 heterocycles. The molecule has 0 saturated carbocycles. The Morgan fingerprint density at radius 2 is 2.31 bits per heavy atom. The first-order valence-corrected chi connectivity index (χ1v) is 5.25. The number of allylic oxidation sites excluding steroid dienone is 1. The molecule has 2 aliphatic rings. The number of nitrogens with zero attached hydrogens (tertiary/aromatic N) is 1. The lowest BCUT2D eigenvalue weighted by molar-refractivity contribution is -0.114. The second-order valence-corrected chi connectivity index (χ2v) is 4.14. The van der Waals surface area contributed by atoms with Crippen molar-refractivity contribution >= 4 is 5.78 Å². The number of hydrogen-bond acceptors (Lipinski definition) is 2. The Balaban J connectivity index is 2.11. The summed E-state index contributed by atoms with van der Waals surface area (Å²) in [5, 5.41) is 0. The maximum Gasteiger partial charge on any atom is 0.157 e. The molecule has 2 nitrogen and oxygen atoms in total. The van der Waals surface area contributed by atoms with Crippen molar-refractivity contribution in [2.75, 3.05) is 6.54 Å². The largest absolute Gasteiger partial charge is 0.374 e. The van der Waals surface area contributed by atoms with Crippen LogP contribution in [0.4, 0.5) is 0 Å². The van der Waals surface area contributed by atoms with Gasteiger partial charge in [0.15, 0.2) is 5.78 Å². The van der Waals surface area contributed by atoms with E-state index in [0.29, 0.717) is 0 Å². The van der Waals surface area contributed by atoms with Crippen LogP contribution < -0.4 is 0 Å². The van der Waals surface area contributed by atoms with E-state index >= 15 is 0 Å². The van der Waals surface area contributed by atoms with Crippen molar-refractivity contribution in [1.29, 1.82) is 0 Å². The summed E-state index contributed by atoms with van der Waals surface area (Å²) in [6.07, 6.45) is 8.27. The second-order valence-electron chi connectivity index (χ2n) is 4.14. The Hall–Kier alpha value is -0.790. The number of Topliss-reactive ketones (excluding diaryl/α,β-unsaturated/α-hetero) is 1. The van der Waals surface area contributed by atoms with E-state index in [1.807, 2.05) is 0 Å². The van der Waals surface area contributed by atoms with Gasteiger partial charge in [0, 0.05) is 24.4 Å². The van der Waals surface area contributed by atoms with E-state index in [1.165, 1.54) is 25.7 Å². The van der Waals surface area contributed by atoms with Crippen molar-refractivity contribution in [2.24, 2.45) is 0 Å². The van der Waals surface area contributed by atoms with Crippen LogP contribution >= 0.6 is 0 Å². The van der Waals surface area contributed by atoms with Gasteiger partial charge < -0.3 is 4.90 Å². The van der Waals surface area contributed by atoms with Crippen LogP contribution in [0.5, 0.6) is 0 Å². The second kappa shape index (κ2) is 3.52. The van der Waals surface area contributed by atoms with Gasteiger partial charge in [-0.15, -0.1) is 0 Å². The molecule has 0 aromatic rings. The minimum absolute atomic E-state index is 0.254. The van der Waals surface area contributed by atoms with Crippen molar-refractivity contribution in [3.05, 3.63) is 11.8 Å². The molecule has 2 heteroatoms. The summed E-state index contributed by atoms with van der Waals surface area (Å²) in [5.74, 6) is 0.254. The molecule has 1 atom stereocenters. The van der Waals surface area contributed by atoms with Gasteiger partial charge in [0.2, 0.25) is 0 Å². The Labute approximate surface area is 79.6 Å². The number of piperidine rings is 1. The first kappa shape index (κ1) is 8.79. The third-order valence-electron chi connectivity index (χ3n) is 3.19. The number of rotatable bonds is 1. The molecule has 0 spiro atoms. The summed E-state index contributed by atoms with van der Waals surface area (Å²) in [6.45, 7) is 2.83. The molecule has 0 aromatic heterocycles. The predicted octanol–water partition coefficient (Wildman–Crippen LogP) is 2.11. The average molecular weight is 179 g/mol. The fourth-order valence-electron chi connectivity index (χ4n) is 2.36. The number of hydrogen-bond donors (Lipinski definition) is 0. The molecule has 0 aromatic carbocycles. The van der Waals surface area contributed by atoms with Gasteiger partial charge in [0.05, 0.1) is 0 Å². The molecule has 1 unspecified atom stereocenters. The zero-order valence-corrected chi connectivity index (χ0v) is 8.25. The van der Waals surface area contributed by atoms with Crippen LogP contribution in [0.2, 0.25) is 0 Å². The quantitative estimate of drug-likeness (QED) is 0.614. The minimum atomic E-state index is 0.254. The predicted molar refractivity (Wildman–Crippen MR) is 52.3 cm³/mol. The topological polar surface area (TPSA) is 20.3 Å². The summed E-state index contributed by atoms with van der Waals surface area (Å²) in [5.41, 5.74) is 1.03. The van der Waals surface area contributed by atoms with Crippen LogP contribution in [-0.4, -0.2) is 23.3 Å². The van der Waals surface area contributed by atoms with E-state index < -0.39 is 0 Å². The van der Waals surface area contributed by atoms with Gasteiger partial charge in [-0.1, -0.05) is 0 Å². The summed E-state index contributed by atoms with van der Waals surface area (Å²) in [7, 11) is 0. The molecule has 0 N–H and O–H groups in total. The van der Waals surface area contributed by atoms with Crippen molar-refractivity contribution in [3.63, 3.8) is 0 Å². The van der Waals surface area contributed by atoms with Gasteiger partial charge in [-0.25, -0.2) is 0 Å². The number of ketones is 1. The Morgan fingerprint density at radius 3 is 3.08 bits per heavy atom. The SMILES string of the molecule is CC(=O)C1=CN2CCCCC2CC1. The maximum absolute atomic E-state index is 11.2. The van der Waals surface area contributed by atoms with Crippen molar-refractivity contribution in [3.8, 4) is 0 Å². The molecule has 0 aliphatic carbocycles. The first-order valence-electron chi connectivity index (χ1n) is 5.25. The maximum atomic E-state index is 11.2. The Bertz CT molecular complexity index is 244. The lowest BCUT2D eigenvalue weighted by atomic mass is 9.92. The van der Waals surface area contributed by atoms with Gasteiger partial charge >= 0.3 is 0 Å². The van der Waals surface area contributed by atoms with Crippen molar-refractivity contribution in [1.82, 2.24) is 4.90 Å². The molecule has 1 fully saturated rings. The van der Waals surface area contributed by atoms with E-state index in [1.54, 1.807) is 6.92 Å². The van der Waals surface area contributed by atoms with Crippen LogP contribution in [0.25, 0.3) is 0 Å². The molecular formula is C11H17NO. The van der Waals surface area contributed by atoms with E-state index in [0.717, 1.165) is 24.6 Å². The first-order chi connectivity index (χ1) is 6.27. The fourth-order valence-corrected chi connectivity index (χ4v) is 2.36. The molecule has 13 heavy (non-hydrogen) atoms. The summed E-state index contributed by atoms with van der Waals surface area (Å²) >= 11 is 0. The van der Waals surface area contributed by atoms with Crippen molar-refractivity contribution in [2.45, 2.75) is 45.1 Å². The van der Waals surface area contributed by atoms with Gasteiger partial charge in [-0.2, -0.15) is 0 Å². The summed E-state index contributed by atoms with van der Waals surface area (Å²) in [6, 6.07) is 0.733. The average Bonchev–Trinajstić information content (AvgIpc) is 2.17. The van der Waals surface area contributed by atoms with Crippen LogP contribution in [-0.2, 0) is 4.79 Å². The number of fused-ring (bicyclic) bond motifs is 1. The normalized spacial score (nSPS) is 27.9. The number of carbonyl (C=O) groups is 1. The van der Waals surface area contributed by atoms with Crippen LogP contribution in [0, 0.1) is 0 Å². The lowest BCUT2D eigenvalue weighted by Crippen LogP contribution is -2.38. The lowest BCUT2D eigenvalue weighted by Gasteiger charge is -2.38.